The molecule has 1 amide bonds. The lowest BCUT2D eigenvalue weighted by Gasteiger charge is -2.27. The number of sulfonamides is 1. The van der Waals surface area contributed by atoms with Crippen molar-refractivity contribution in [3.63, 3.8) is 0 Å². The molecule has 110 valence electrons. The van der Waals surface area contributed by atoms with Crippen molar-refractivity contribution in [3.8, 4) is 0 Å². The van der Waals surface area contributed by atoms with Gasteiger partial charge in [0.05, 0.1) is 30.1 Å². The Morgan fingerprint density at radius 3 is 2.55 bits per heavy atom. The van der Waals surface area contributed by atoms with Crippen molar-refractivity contribution < 1.29 is 17.9 Å². The first-order valence-electron chi connectivity index (χ1n) is 6.01. The molecule has 1 aromatic carbocycles. The molecule has 2 rings (SSSR count). The van der Waals surface area contributed by atoms with Crippen LogP contribution < -0.4 is 4.72 Å². The fraction of sp³-hybridized carbons (Fsp3) is 0.417. The molecule has 8 heteroatoms. The Morgan fingerprint density at radius 1 is 1.35 bits per heavy atom. The average molecular weight is 319 g/mol. The topological polar surface area (TPSA) is 75.7 Å². The predicted octanol–water partition coefficient (Wildman–Crippen LogP) is 1.18. The minimum Gasteiger partial charge on any atom is -0.378 e. The maximum atomic E-state index is 12.3. The van der Waals surface area contributed by atoms with Crippen LogP contribution in [0, 0.1) is 0 Å². The third kappa shape index (κ3) is 3.84. The van der Waals surface area contributed by atoms with Crippen molar-refractivity contribution in [3.05, 3.63) is 28.8 Å². The highest BCUT2D eigenvalue weighted by Crippen LogP contribution is 2.23. The van der Waals surface area contributed by atoms with E-state index in [0.29, 0.717) is 37.6 Å². The summed E-state index contributed by atoms with van der Waals surface area (Å²) >= 11 is 6.06. The Bertz CT molecular complexity index is 612. The minimum absolute atomic E-state index is 0.177. The van der Waals surface area contributed by atoms with Gasteiger partial charge in [-0.1, -0.05) is 11.6 Å². The smallest absolute Gasteiger partial charge is 0.255 e. The zero-order chi connectivity index (χ0) is 14.8. The first-order valence-corrected chi connectivity index (χ1v) is 8.28. The second kappa shape index (κ2) is 5.99. The quantitative estimate of drug-likeness (QED) is 0.908. The molecule has 0 aromatic heterocycles. The van der Waals surface area contributed by atoms with Crippen molar-refractivity contribution >= 4 is 33.2 Å². The van der Waals surface area contributed by atoms with E-state index in [9.17, 15) is 13.2 Å². The number of amides is 1. The van der Waals surface area contributed by atoms with Gasteiger partial charge in [-0.2, -0.15) is 0 Å². The van der Waals surface area contributed by atoms with Crippen LogP contribution in [0.5, 0.6) is 0 Å². The van der Waals surface area contributed by atoms with Crippen molar-refractivity contribution in [2.24, 2.45) is 0 Å². The van der Waals surface area contributed by atoms with E-state index in [1.54, 1.807) is 4.90 Å². The Hall–Kier alpha value is -1.31. The van der Waals surface area contributed by atoms with Crippen molar-refractivity contribution in [1.82, 2.24) is 4.90 Å². The van der Waals surface area contributed by atoms with Crippen LogP contribution >= 0.6 is 11.6 Å². The lowest BCUT2D eigenvalue weighted by atomic mass is 10.1. The van der Waals surface area contributed by atoms with Crippen LogP contribution in [-0.4, -0.2) is 51.8 Å². The summed E-state index contributed by atoms with van der Waals surface area (Å²) in [5.74, 6) is -0.177. The Morgan fingerprint density at radius 2 is 2.00 bits per heavy atom. The first kappa shape index (κ1) is 15.1. The summed E-state index contributed by atoms with van der Waals surface area (Å²) in [6.45, 7) is 2.07. The lowest BCUT2D eigenvalue weighted by Crippen LogP contribution is -2.40. The van der Waals surface area contributed by atoms with Gasteiger partial charge in [-0.25, -0.2) is 8.42 Å². The average Bonchev–Trinajstić information content (AvgIpc) is 2.37. The molecule has 1 aromatic rings. The number of morpholine rings is 1. The van der Waals surface area contributed by atoms with E-state index in [-0.39, 0.29) is 10.9 Å². The molecular formula is C12H15ClN2O4S. The van der Waals surface area contributed by atoms with Crippen LogP contribution in [0.2, 0.25) is 5.02 Å². The zero-order valence-corrected chi connectivity index (χ0v) is 12.5. The number of carbonyl (C=O) groups is 1. The standard InChI is InChI=1S/C12H15ClN2O4S/c1-20(17,18)14-9-2-3-10(11(13)8-9)12(16)15-4-6-19-7-5-15/h2-3,8,14H,4-7H2,1H3. The molecule has 0 saturated carbocycles. The molecule has 1 saturated heterocycles. The van der Waals surface area contributed by atoms with Gasteiger partial charge in [-0.05, 0) is 18.2 Å². The van der Waals surface area contributed by atoms with Crippen molar-refractivity contribution in [2.75, 3.05) is 37.3 Å². The van der Waals surface area contributed by atoms with Gasteiger partial charge in [0.2, 0.25) is 10.0 Å². The van der Waals surface area contributed by atoms with E-state index in [1.165, 1.54) is 18.2 Å². The number of rotatable bonds is 3. The van der Waals surface area contributed by atoms with Gasteiger partial charge in [0, 0.05) is 18.8 Å². The van der Waals surface area contributed by atoms with E-state index >= 15 is 0 Å². The molecule has 1 N–H and O–H groups in total. The van der Waals surface area contributed by atoms with Crippen LogP contribution in [-0.2, 0) is 14.8 Å². The summed E-state index contributed by atoms with van der Waals surface area (Å²) in [7, 11) is -3.37. The van der Waals surface area contributed by atoms with Gasteiger partial charge >= 0.3 is 0 Å². The van der Waals surface area contributed by atoms with E-state index in [2.05, 4.69) is 4.72 Å². The molecular weight excluding hydrogens is 304 g/mol. The number of nitrogens with one attached hydrogen (secondary N) is 1. The fourth-order valence-corrected chi connectivity index (χ4v) is 2.72. The maximum Gasteiger partial charge on any atom is 0.255 e. The molecule has 0 atom stereocenters. The highest BCUT2D eigenvalue weighted by atomic mass is 35.5. The molecule has 0 aliphatic carbocycles. The molecule has 0 unspecified atom stereocenters. The molecule has 6 nitrogen and oxygen atoms in total. The third-order valence-electron chi connectivity index (χ3n) is 2.80. The fourth-order valence-electron chi connectivity index (χ4n) is 1.90. The molecule has 20 heavy (non-hydrogen) atoms. The number of halogens is 1. The van der Waals surface area contributed by atoms with E-state index in [0.717, 1.165) is 6.26 Å². The number of carbonyl (C=O) groups excluding carboxylic acids is 1. The Kier molecular flexibility index (Phi) is 4.52. The number of hydrogen-bond acceptors (Lipinski definition) is 4. The normalized spacial score (nSPS) is 16.0. The largest absolute Gasteiger partial charge is 0.378 e. The monoisotopic (exact) mass is 318 g/mol. The molecule has 0 spiro atoms. The second-order valence-corrected chi connectivity index (χ2v) is 6.63. The molecule has 0 radical (unpaired) electrons. The number of hydrogen-bond donors (Lipinski definition) is 1. The van der Waals surface area contributed by atoms with Gasteiger partial charge < -0.3 is 9.64 Å². The highest BCUT2D eigenvalue weighted by Gasteiger charge is 2.20. The van der Waals surface area contributed by atoms with E-state index in [1.807, 2.05) is 0 Å². The van der Waals surface area contributed by atoms with Gasteiger partial charge in [0.25, 0.3) is 5.91 Å². The number of anilines is 1. The van der Waals surface area contributed by atoms with Gasteiger partial charge in [0.1, 0.15) is 0 Å². The van der Waals surface area contributed by atoms with Crippen LogP contribution in [0.1, 0.15) is 10.4 Å². The lowest BCUT2D eigenvalue weighted by molar-refractivity contribution is 0.0303. The van der Waals surface area contributed by atoms with Crippen LogP contribution in [0.3, 0.4) is 0 Å². The molecule has 1 heterocycles. The summed E-state index contributed by atoms with van der Waals surface area (Å²) in [6, 6.07) is 4.46. The molecule has 1 fully saturated rings. The number of nitrogens with zero attached hydrogens (tertiary/aromatic N) is 1. The van der Waals surface area contributed by atoms with Gasteiger partial charge in [-0.3, -0.25) is 9.52 Å². The Balaban J connectivity index is 2.18. The van der Waals surface area contributed by atoms with Gasteiger partial charge in [-0.15, -0.1) is 0 Å². The SMILES string of the molecule is CS(=O)(=O)Nc1ccc(C(=O)N2CCOCC2)c(Cl)c1. The number of benzene rings is 1. The minimum atomic E-state index is -3.37. The second-order valence-electron chi connectivity index (χ2n) is 4.47. The number of ether oxygens (including phenoxy) is 1. The summed E-state index contributed by atoms with van der Waals surface area (Å²) < 4.78 is 29.8. The summed E-state index contributed by atoms with van der Waals surface area (Å²) in [5, 5.41) is 0.218. The van der Waals surface area contributed by atoms with Crippen LogP contribution in [0.15, 0.2) is 18.2 Å². The van der Waals surface area contributed by atoms with Crippen LogP contribution in [0.25, 0.3) is 0 Å². The van der Waals surface area contributed by atoms with E-state index in [4.69, 9.17) is 16.3 Å². The summed E-state index contributed by atoms with van der Waals surface area (Å²) in [4.78, 5) is 13.9. The van der Waals surface area contributed by atoms with E-state index < -0.39 is 10.0 Å². The van der Waals surface area contributed by atoms with Crippen molar-refractivity contribution in [1.29, 1.82) is 0 Å². The van der Waals surface area contributed by atoms with Crippen molar-refractivity contribution in [2.45, 2.75) is 0 Å². The zero-order valence-electron chi connectivity index (χ0n) is 10.9. The Labute approximate surface area is 122 Å². The maximum absolute atomic E-state index is 12.3. The van der Waals surface area contributed by atoms with Crippen LogP contribution in [0.4, 0.5) is 5.69 Å². The van der Waals surface area contributed by atoms with Gasteiger partial charge in [0.15, 0.2) is 0 Å². The summed E-state index contributed by atoms with van der Waals surface area (Å²) in [5.41, 5.74) is 0.684. The predicted molar refractivity (Wildman–Crippen MR) is 76.6 cm³/mol. The highest BCUT2D eigenvalue weighted by molar-refractivity contribution is 7.92. The summed E-state index contributed by atoms with van der Waals surface area (Å²) in [6.07, 6.45) is 1.05. The molecule has 1 aliphatic rings. The molecule has 1 aliphatic heterocycles. The molecule has 0 bridgehead atoms. The first-order chi connectivity index (χ1) is 9.37. The third-order valence-corrected chi connectivity index (χ3v) is 3.72.